The van der Waals surface area contributed by atoms with Gasteiger partial charge in [0.1, 0.15) is 12.2 Å². The first-order chi connectivity index (χ1) is 16.9. The molecule has 0 amide bonds. The number of fused-ring (bicyclic) bond motifs is 1. The molecule has 36 heavy (non-hydrogen) atoms. The zero-order valence-electron chi connectivity index (χ0n) is 19.9. The van der Waals surface area contributed by atoms with E-state index in [2.05, 4.69) is 4.98 Å². The summed E-state index contributed by atoms with van der Waals surface area (Å²) >= 11 is 0. The number of halogens is 1. The first kappa shape index (κ1) is 27.6. The number of alkyl halides is 1. The molecule has 2 N–H and O–H groups in total. The zero-order chi connectivity index (χ0) is 26.1. The number of rotatable bonds is 9. The van der Waals surface area contributed by atoms with Crippen LogP contribution in [0.5, 0.6) is 0 Å². The van der Waals surface area contributed by atoms with Crippen molar-refractivity contribution in [3.63, 3.8) is 0 Å². The first-order valence-corrected chi connectivity index (χ1v) is 14.8. The van der Waals surface area contributed by atoms with Crippen molar-refractivity contribution in [3.8, 4) is 0 Å². The van der Waals surface area contributed by atoms with E-state index in [1.54, 1.807) is 0 Å². The highest BCUT2D eigenvalue weighted by molar-refractivity contribution is 8.77. The van der Waals surface area contributed by atoms with Crippen LogP contribution in [0.25, 0.3) is 0 Å². The Labute approximate surface area is 214 Å². The third-order valence-electron chi connectivity index (χ3n) is 5.76. The van der Waals surface area contributed by atoms with Crippen LogP contribution in [0.1, 0.15) is 32.6 Å². The number of nitrogens with one attached hydrogen (secondary N) is 1. The summed E-state index contributed by atoms with van der Waals surface area (Å²) in [6, 6.07) is 8.73. The molecular formula is C22H28FN2O8PS2. The predicted octanol–water partition coefficient (Wildman–Crippen LogP) is 3.46. The number of nitrogens with zero attached hydrogens (tertiary/aromatic N) is 1. The molecule has 5 atom stereocenters. The van der Waals surface area contributed by atoms with Crippen LogP contribution in [-0.4, -0.2) is 57.1 Å². The number of hydrogen-bond donors (Lipinski definition) is 2. The quantitative estimate of drug-likeness (QED) is 0.346. The number of H-pyrrole nitrogens is 1. The molecule has 0 spiro atoms. The second kappa shape index (κ2) is 10.7. The molecule has 4 rings (SSSR count). The van der Waals surface area contributed by atoms with E-state index in [-0.39, 0.29) is 24.6 Å². The highest BCUT2D eigenvalue weighted by Gasteiger charge is 2.61. The van der Waals surface area contributed by atoms with Crippen LogP contribution in [0.4, 0.5) is 4.39 Å². The lowest BCUT2D eigenvalue weighted by Crippen LogP contribution is -2.46. The molecule has 2 fully saturated rings. The zero-order valence-corrected chi connectivity index (χ0v) is 22.4. The lowest BCUT2D eigenvalue weighted by molar-refractivity contribution is -0.0724. The number of aliphatic hydroxyl groups excluding tert-OH is 1. The summed E-state index contributed by atoms with van der Waals surface area (Å²) in [5.41, 5.74) is -2.79. The van der Waals surface area contributed by atoms with Gasteiger partial charge in [-0.15, -0.1) is 0 Å². The van der Waals surface area contributed by atoms with Crippen LogP contribution in [0.15, 0.2) is 51.0 Å². The number of phosphoric ester groups is 1. The number of aromatic nitrogens is 2. The third kappa shape index (κ3) is 5.99. The van der Waals surface area contributed by atoms with Gasteiger partial charge < -0.3 is 9.84 Å². The van der Waals surface area contributed by atoms with E-state index >= 15 is 4.39 Å². The Balaban J connectivity index is 1.40. The van der Waals surface area contributed by atoms with Crippen LogP contribution in [0.3, 0.4) is 0 Å². The Bertz CT molecular complexity index is 1250. The van der Waals surface area contributed by atoms with Gasteiger partial charge in [0.15, 0.2) is 11.9 Å². The van der Waals surface area contributed by atoms with E-state index in [1.807, 2.05) is 38.1 Å². The number of aromatic amines is 1. The summed E-state index contributed by atoms with van der Waals surface area (Å²) in [4.78, 5) is 26.6. The third-order valence-corrected chi connectivity index (χ3v) is 10.6. The minimum atomic E-state index is -4.11. The highest BCUT2D eigenvalue weighted by Crippen LogP contribution is 2.59. The molecular weight excluding hydrogens is 534 g/mol. The summed E-state index contributed by atoms with van der Waals surface area (Å²) < 4.78 is 51.5. The number of aliphatic hydroxyl groups is 1. The maximum atomic E-state index is 15.8. The minimum Gasteiger partial charge on any atom is -0.395 e. The predicted molar refractivity (Wildman–Crippen MR) is 134 cm³/mol. The Morgan fingerprint density at radius 1 is 1.33 bits per heavy atom. The molecule has 2 aromatic rings. The average Bonchev–Trinajstić information content (AvgIpc) is 3.08. The fourth-order valence-corrected chi connectivity index (χ4v) is 7.60. The van der Waals surface area contributed by atoms with Crippen LogP contribution in [-0.2, 0) is 29.3 Å². The lowest BCUT2D eigenvalue weighted by atomic mass is 9.98. The van der Waals surface area contributed by atoms with Crippen LogP contribution < -0.4 is 11.2 Å². The van der Waals surface area contributed by atoms with Gasteiger partial charge in [-0.2, -0.15) is 0 Å². The Morgan fingerprint density at radius 3 is 2.81 bits per heavy atom. The van der Waals surface area contributed by atoms with E-state index in [4.69, 9.17) is 18.3 Å². The van der Waals surface area contributed by atoms with E-state index in [0.717, 1.165) is 27.3 Å². The molecule has 10 nitrogen and oxygen atoms in total. The summed E-state index contributed by atoms with van der Waals surface area (Å²) in [7, 11) is -1.04. The number of benzene rings is 1. The van der Waals surface area contributed by atoms with Crippen molar-refractivity contribution < 1.29 is 32.4 Å². The van der Waals surface area contributed by atoms with Gasteiger partial charge in [-0.1, -0.05) is 39.8 Å². The van der Waals surface area contributed by atoms with Crippen molar-refractivity contribution in [2.24, 2.45) is 0 Å². The molecule has 0 saturated carbocycles. The molecule has 1 aromatic heterocycles. The van der Waals surface area contributed by atoms with Crippen LogP contribution >= 0.6 is 29.4 Å². The average molecular weight is 563 g/mol. The number of hydrogen-bond acceptors (Lipinski definition) is 10. The van der Waals surface area contributed by atoms with Crippen molar-refractivity contribution in [2.45, 2.75) is 60.9 Å². The van der Waals surface area contributed by atoms with Gasteiger partial charge in [-0.25, -0.2) is 13.8 Å². The van der Waals surface area contributed by atoms with Gasteiger partial charge in [0.2, 0.25) is 0 Å². The Hall–Kier alpha value is -1.44. The molecule has 0 radical (unpaired) electrons. The SMILES string of the molecule is CC(C)(CO)SSc1ccccc1CCOP1(=O)OC[C@H]2O[C@@H](n3ccc(=O)[nH]c3=O)[C@](C)(F)[C@@H]2O1. The van der Waals surface area contributed by atoms with Crippen molar-refractivity contribution >= 4 is 29.4 Å². The molecule has 0 bridgehead atoms. The normalized spacial score (nSPS) is 30.3. The first-order valence-electron chi connectivity index (χ1n) is 11.2. The van der Waals surface area contributed by atoms with Crippen molar-refractivity contribution in [2.75, 3.05) is 19.8 Å². The molecule has 198 valence electrons. The maximum Gasteiger partial charge on any atom is 0.475 e. The van der Waals surface area contributed by atoms with Crippen LogP contribution in [0.2, 0.25) is 0 Å². The van der Waals surface area contributed by atoms with Crippen LogP contribution in [0, 0.1) is 0 Å². The van der Waals surface area contributed by atoms with Crippen molar-refractivity contribution in [3.05, 3.63) is 62.9 Å². The van der Waals surface area contributed by atoms with Crippen molar-refractivity contribution in [1.82, 2.24) is 9.55 Å². The molecule has 0 aliphatic carbocycles. The van der Waals surface area contributed by atoms with Gasteiger partial charge in [0.25, 0.3) is 5.56 Å². The summed E-state index contributed by atoms with van der Waals surface area (Å²) in [6.45, 7) is 4.83. The van der Waals surface area contributed by atoms with Gasteiger partial charge in [-0.3, -0.25) is 27.9 Å². The smallest absolute Gasteiger partial charge is 0.395 e. The van der Waals surface area contributed by atoms with E-state index in [1.165, 1.54) is 28.5 Å². The fourth-order valence-electron chi connectivity index (χ4n) is 3.77. The maximum absolute atomic E-state index is 15.8. The molecule has 1 unspecified atom stereocenters. The van der Waals surface area contributed by atoms with Gasteiger partial charge in [-0.05, 0) is 38.8 Å². The lowest BCUT2D eigenvalue weighted by Gasteiger charge is -2.33. The largest absolute Gasteiger partial charge is 0.475 e. The molecule has 2 aliphatic rings. The standard InChI is InChI=1S/C22H28FN2O8PS2/c1-21(2,13-26)36-35-16-7-5-4-6-14(16)9-11-30-34(29)31-12-15-18(33-34)22(3,23)19(32-15)25-10-8-17(27)24-20(25)28/h4-8,10,15,18-19,26H,9,11-13H2,1-3H3,(H,24,27,28)/t15-,18-,19-,22-,34?/m1/s1. The van der Waals surface area contributed by atoms with Gasteiger partial charge in [0.05, 0.1) is 19.8 Å². The fraction of sp³-hybridized carbons (Fsp3) is 0.545. The topological polar surface area (TPSA) is 129 Å². The molecule has 3 heterocycles. The second-order valence-electron chi connectivity index (χ2n) is 9.24. The summed E-state index contributed by atoms with van der Waals surface area (Å²) in [5.74, 6) is 0. The van der Waals surface area contributed by atoms with E-state index < -0.39 is 43.2 Å². The monoisotopic (exact) mass is 562 g/mol. The number of ether oxygens (including phenoxy) is 1. The second-order valence-corrected chi connectivity index (χ2v) is 13.7. The Morgan fingerprint density at radius 2 is 2.08 bits per heavy atom. The van der Waals surface area contributed by atoms with Gasteiger partial charge in [0, 0.05) is 21.9 Å². The molecule has 14 heteroatoms. The number of phosphoric acid groups is 1. The van der Waals surface area contributed by atoms with Crippen molar-refractivity contribution in [1.29, 1.82) is 0 Å². The van der Waals surface area contributed by atoms with E-state index in [9.17, 15) is 19.3 Å². The molecule has 1 aromatic carbocycles. The highest BCUT2D eigenvalue weighted by atomic mass is 33.1. The summed E-state index contributed by atoms with van der Waals surface area (Å²) in [6.07, 6.45) is -2.14. The molecule has 2 saturated heterocycles. The molecule has 2 aliphatic heterocycles. The van der Waals surface area contributed by atoms with E-state index in [0.29, 0.717) is 6.42 Å². The van der Waals surface area contributed by atoms with Gasteiger partial charge >= 0.3 is 13.5 Å². The summed E-state index contributed by atoms with van der Waals surface area (Å²) in [5, 5.41) is 9.48. The Kier molecular flexibility index (Phi) is 8.23. The minimum absolute atomic E-state index is 0.00698.